The van der Waals surface area contributed by atoms with E-state index >= 15 is 0 Å². The van der Waals surface area contributed by atoms with Crippen LogP contribution in [0.2, 0.25) is 5.02 Å². The van der Waals surface area contributed by atoms with Crippen LogP contribution < -0.4 is 0 Å². The third-order valence-corrected chi connectivity index (χ3v) is 4.70. The molecule has 28 heavy (non-hydrogen) atoms. The quantitative estimate of drug-likeness (QED) is 0.645. The summed E-state index contributed by atoms with van der Waals surface area (Å²) in [5, 5.41) is 8.83. The zero-order valence-electron chi connectivity index (χ0n) is 15.4. The number of rotatable bonds is 5. The molecule has 0 aliphatic carbocycles. The van der Waals surface area contributed by atoms with Gasteiger partial charge in [0.05, 0.1) is 30.8 Å². The third-order valence-electron chi connectivity index (χ3n) is 4.35. The zero-order chi connectivity index (χ0) is 19.7. The molecule has 3 aromatic heterocycles. The van der Waals surface area contributed by atoms with E-state index in [1.165, 1.54) is 10.8 Å². The van der Waals surface area contributed by atoms with Crippen LogP contribution in [0.25, 0.3) is 16.9 Å². The van der Waals surface area contributed by atoms with Crippen molar-refractivity contribution < 1.29 is 13.9 Å². The van der Waals surface area contributed by atoms with Gasteiger partial charge in [0.1, 0.15) is 17.6 Å². The van der Waals surface area contributed by atoms with Gasteiger partial charge in [0.25, 0.3) is 5.95 Å². The van der Waals surface area contributed by atoms with Crippen molar-refractivity contribution >= 4 is 28.9 Å². The number of halogens is 2. The maximum absolute atomic E-state index is 13.9. The van der Waals surface area contributed by atoms with Crippen molar-refractivity contribution in [2.75, 3.05) is 19.8 Å². The predicted molar refractivity (Wildman–Crippen MR) is 101 cm³/mol. The van der Waals surface area contributed by atoms with Crippen molar-refractivity contribution in [3.05, 3.63) is 23.7 Å². The normalized spacial score (nSPS) is 20.1. The number of fused-ring (bicyclic) bond motifs is 1. The average molecular weight is 408 g/mol. The minimum Gasteiger partial charge on any atom is -0.378 e. The molecule has 4 heterocycles. The molecule has 148 valence electrons. The van der Waals surface area contributed by atoms with E-state index < -0.39 is 6.17 Å². The summed E-state index contributed by atoms with van der Waals surface area (Å²) < 4.78 is 27.6. The Hall–Kier alpha value is -2.43. The molecule has 2 atom stereocenters. The summed E-state index contributed by atoms with van der Waals surface area (Å²) in [6.45, 7) is 4.84. The van der Waals surface area contributed by atoms with E-state index in [0.29, 0.717) is 41.7 Å². The van der Waals surface area contributed by atoms with Gasteiger partial charge in [-0.25, -0.2) is 19.0 Å². The standard InChI is InChI=1S/C17H19ClFN7O2/c1-3-28-10(2)25-7-11(6-21-25)15-14(18)16-23-17(24-26(16)9-20-15)22-13-4-5-27-8-12(13)19/h6-7,9-10,12H,3-5,8H2,1-2H3/b22-13+/t10?,12-/m1/s1. The second kappa shape index (κ2) is 7.90. The number of aromatic nitrogens is 6. The Balaban J connectivity index is 1.67. The minimum atomic E-state index is -1.25. The molecule has 0 aromatic carbocycles. The Morgan fingerprint density at radius 2 is 2.36 bits per heavy atom. The van der Waals surface area contributed by atoms with Crippen molar-refractivity contribution in [2.45, 2.75) is 32.7 Å². The molecule has 3 aromatic rings. The van der Waals surface area contributed by atoms with Crippen LogP contribution in [-0.2, 0) is 9.47 Å². The molecule has 0 radical (unpaired) electrons. The van der Waals surface area contributed by atoms with Crippen LogP contribution in [0.15, 0.2) is 23.7 Å². The fourth-order valence-corrected chi connectivity index (χ4v) is 3.20. The third kappa shape index (κ3) is 3.62. The fraction of sp³-hybridized carbons (Fsp3) is 0.471. The Bertz CT molecular complexity index is 1020. The smallest absolute Gasteiger partial charge is 0.269 e. The average Bonchev–Trinajstić information content (AvgIpc) is 3.32. The van der Waals surface area contributed by atoms with E-state index in [0.717, 1.165) is 5.56 Å². The molecular formula is C17H19ClFN7O2. The van der Waals surface area contributed by atoms with E-state index in [2.05, 4.69) is 25.2 Å². The molecule has 1 saturated heterocycles. The molecule has 11 heteroatoms. The van der Waals surface area contributed by atoms with Crippen molar-refractivity contribution in [3.63, 3.8) is 0 Å². The summed E-state index contributed by atoms with van der Waals surface area (Å²) >= 11 is 6.51. The number of ether oxygens (including phenoxy) is 2. The molecule has 0 N–H and O–H groups in total. The van der Waals surface area contributed by atoms with Gasteiger partial charge in [-0.2, -0.15) is 14.6 Å². The van der Waals surface area contributed by atoms with E-state index in [9.17, 15) is 4.39 Å². The van der Waals surface area contributed by atoms with Crippen LogP contribution in [0, 0.1) is 0 Å². The maximum Gasteiger partial charge on any atom is 0.269 e. The Morgan fingerprint density at radius 1 is 1.50 bits per heavy atom. The lowest BCUT2D eigenvalue weighted by Crippen LogP contribution is -2.28. The molecular weight excluding hydrogens is 389 g/mol. The molecule has 0 spiro atoms. The highest BCUT2D eigenvalue weighted by molar-refractivity contribution is 6.35. The van der Waals surface area contributed by atoms with Gasteiger partial charge in [-0.1, -0.05) is 11.6 Å². The van der Waals surface area contributed by atoms with Gasteiger partial charge in [-0.15, -0.1) is 5.10 Å². The second-order valence-electron chi connectivity index (χ2n) is 6.25. The van der Waals surface area contributed by atoms with Crippen LogP contribution in [0.4, 0.5) is 10.3 Å². The first-order valence-corrected chi connectivity index (χ1v) is 9.31. The SMILES string of the molecule is CCOC(C)n1cc(-c2ncn3nc(/N=C4\CCOC[C@H]4F)nc3c2Cl)cn1. The number of aliphatic imine (C=N–C) groups is 1. The Kier molecular flexibility index (Phi) is 5.33. The van der Waals surface area contributed by atoms with E-state index in [-0.39, 0.29) is 18.8 Å². The maximum atomic E-state index is 13.9. The monoisotopic (exact) mass is 407 g/mol. The molecule has 1 fully saturated rings. The molecule has 1 unspecified atom stereocenters. The van der Waals surface area contributed by atoms with Crippen molar-refractivity contribution in [3.8, 4) is 11.3 Å². The summed E-state index contributed by atoms with van der Waals surface area (Å²) in [6.07, 6.45) is 3.91. The molecule has 0 saturated carbocycles. The lowest BCUT2D eigenvalue weighted by Gasteiger charge is -2.16. The fourth-order valence-electron chi connectivity index (χ4n) is 2.91. The summed E-state index contributed by atoms with van der Waals surface area (Å²) in [5.74, 6) is 0.140. The van der Waals surface area contributed by atoms with Gasteiger partial charge in [-0.3, -0.25) is 0 Å². The molecule has 4 rings (SSSR count). The molecule has 0 bridgehead atoms. The molecule has 9 nitrogen and oxygen atoms in total. The summed E-state index contributed by atoms with van der Waals surface area (Å²) in [4.78, 5) is 12.9. The topological polar surface area (TPSA) is 91.7 Å². The number of nitrogens with zero attached hydrogens (tertiary/aromatic N) is 7. The first-order valence-electron chi connectivity index (χ1n) is 8.93. The summed E-state index contributed by atoms with van der Waals surface area (Å²) in [5.41, 5.74) is 2.00. The predicted octanol–water partition coefficient (Wildman–Crippen LogP) is 3.03. The number of hydrogen-bond acceptors (Lipinski definition) is 7. The van der Waals surface area contributed by atoms with Gasteiger partial charge in [0.2, 0.25) is 0 Å². The largest absolute Gasteiger partial charge is 0.378 e. The molecule has 1 aliphatic rings. The Morgan fingerprint density at radius 3 is 3.14 bits per heavy atom. The van der Waals surface area contributed by atoms with Crippen LogP contribution >= 0.6 is 11.6 Å². The second-order valence-corrected chi connectivity index (χ2v) is 6.62. The van der Waals surface area contributed by atoms with Gasteiger partial charge >= 0.3 is 0 Å². The van der Waals surface area contributed by atoms with Gasteiger partial charge in [0, 0.05) is 24.8 Å². The molecule has 0 amide bonds. The van der Waals surface area contributed by atoms with Crippen LogP contribution in [0.3, 0.4) is 0 Å². The lowest BCUT2D eigenvalue weighted by atomic mass is 10.1. The minimum absolute atomic E-state index is 0.00280. The number of hydrogen-bond donors (Lipinski definition) is 0. The van der Waals surface area contributed by atoms with Crippen LogP contribution in [-0.4, -0.2) is 61.1 Å². The zero-order valence-corrected chi connectivity index (χ0v) is 16.2. The van der Waals surface area contributed by atoms with Crippen LogP contribution in [0.1, 0.15) is 26.5 Å². The highest BCUT2D eigenvalue weighted by Crippen LogP contribution is 2.29. The van der Waals surface area contributed by atoms with E-state index in [1.807, 2.05) is 13.8 Å². The molecule has 1 aliphatic heterocycles. The number of alkyl halides is 1. The first kappa shape index (κ1) is 18.9. The van der Waals surface area contributed by atoms with Gasteiger partial charge in [0.15, 0.2) is 11.8 Å². The van der Waals surface area contributed by atoms with Gasteiger partial charge < -0.3 is 9.47 Å². The summed E-state index contributed by atoms with van der Waals surface area (Å²) in [7, 11) is 0. The van der Waals surface area contributed by atoms with E-state index in [1.54, 1.807) is 17.1 Å². The van der Waals surface area contributed by atoms with Crippen LogP contribution in [0.5, 0.6) is 0 Å². The highest BCUT2D eigenvalue weighted by atomic mass is 35.5. The lowest BCUT2D eigenvalue weighted by molar-refractivity contribution is 0.0160. The van der Waals surface area contributed by atoms with Crippen molar-refractivity contribution in [1.82, 2.24) is 29.4 Å². The van der Waals surface area contributed by atoms with Crippen molar-refractivity contribution in [2.24, 2.45) is 4.99 Å². The van der Waals surface area contributed by atoms with E-state index in [4.69, 9.17) is 21.1 Å². The summed E-state index contributed by atoms with van der Waals surface area (Å²) in [6, 6.07) is 0. The first-order chi connectivity index (χ1) is 13.6. The highest BCUT2D eigenvalue weighted by Gasteiger charge is 2.22. The van der Waals surface area contributed by atoms with Gasteiger partial charge in [-0.05, 0) is 13.8 Å². The van der Waals surface area contributed by atoms with Crippen molar-refractivity contribution in [1.29, 1.82) is 0 Å². The Labute approximate surface area is 165 Å².